The van der Waals surface area contributed by atoms with E-state index in [-0.39, 0.29) is 34.1 Å². The molecule has 0 spiro atoms. The maximum absolute atomic E-state index is 4.39. The van der Waals surface area contributed by atoms with Gasteiger partial charge in [-0.1, -0.05) is 41.5 Å². The monoisotopic (exact) mass is 478 g/mol. The molecule has 136 valence electrons. The van der Waals surface area contributed by atoms with E-state index in [1.54, 1.807) is 0 Å². The topological polar surface area (TPSA) is 0 Å². The van der Waals surface area contributed by atoms with Crippen LogP contribution in [0, 0.1) is 0 Å². The first-order valence-electron chi connectivity index (χ1n) is 5.97. The van der Waals surface area contributed by atoms with Crippen LogP contribution in [0.2, 0.25) is 0 Å². The van der Waals surface area contributed by atoms with Gasteiger partial charge < -0.3 is 75.8 Å². The first-order chi connectivity index (χ1) is 8.49. The minimum Gasteiger partial charge on any atom is -0.793 e. The summed E-state index contributed by atoms with van der Waals surface area (Å²) in [5.74, 6) is 5.00. The average molecular weight is 478 g/mol. The number of hydrogen-bond acceptors (Lipinski definition) is 6. The van der Waals surface area contributed by atoms with Gasteiger partial charge in [0.25, 0.3) is 0 Å². The average Bonchev–Trinajstić information content (AvgIpc) is 2.23. The normalized spacial score (nSPS) is 5.40. The van der Waals surface area contributed by atoms with Crippen molar-refractivity contribution in [1.82, 2.24) is 0 Å². The van der Waals surface area contributed by atoms with Crippen molar-refractivity contribution in [1.29, 1.82) is 0 Å². The quantitative estimate of drug-likeness (QED) is 0.384. The molecule has 0 aromatic rings. The Bertz CT molecular complexity index is 41.4. The third-order valence-electron chi connectivity index (χ3n) is 0. The van der Waals surface area contributed by atoms with Gasteiger partial charge in [0.05, 0.1) is 0 Å². The SMILES string of the molecule is CC[S-].CC[S-].CC[S-].CC[S-].CC[S-].CC[S-].[Fe].[Fe]. The molecule has 0 bridgehead atoms. The summed E-state index contributed by atoms with van der Waals surface area (Å²) in [6.07, 6.45) is 0. The maximum atomic E-state index is 4.39. The second-order valence-electron chi connectivity index (χ2n) is 1.73. The van der Waals surface area contributed by atoms with Crippen LogP contribution in [0.15, 0.2) is 0 Å². The van der Waals surface area contributed by atoms with Crippen molar-refractivity contribution in [3.8, 4) is 0 Å². The Balaban J connectivity index is -0.0000000141. The Morgan fingerprint density at radius 2 is 0.350 bits per heavy atom. The van der Waals surface area contributed by atoms with E-state index >= 15 is 0 Å². The zero-order valence-electron chi connectivity index (χ0n) is 13.4. The first kappa shape index (κ1) is 49.5. The van der Waals surface area contributed by atoms with Gasteiger partial charge in [-0.15, -0.1) is 0 Å². The zero-order valence-corrected chi connectivity index (χ0v) is 20.5. The van der Waals surface area contributed by atoms with Crippen molar-refractivity contribution < 1.29 is 34.1 Å². The van der Waals surface area contributed by atoms with Crippen LogP contribution in [0.1, 0.15) is 41.5 Å². The van der Waals surface area contributed by atoms with Crippen molar-refractivity contribution in [2.24, 2.45) is 0 Å². The van der Waals surface area contributed by atoms with Gasteiger partial charge in [0.2, 0.25) is 0 Å². The Morgan fingerprint density at radius 3 is 0.350 bits per heavy atom. The van der Waals surface area contributed by atoms with E-state index in [0.29, 0.717) is 0 Å². The Labute approximate surface area is 184 Å². The molecule has 0 aliphatic heterocycles. The van der Waals surface area contributed by atoms with Crippen LogP contribution < -0.4 is 0 Å². The van der Waals surface area contributed by atoms with Crippen molar-refractivity contribution >= 4 is 75.8 Å². The van der Waals surface area contributed by atoms with Crippen LogP contribution in [0.25, 0.3) is 0 Å². The summed E-state index contributed by atoms with van der Waals surface area (Å²) in [5, 5.41) is 0. The number of hydrogen-bond donors (Lipinski definition) is 0. The van der Waals surface area contributed by atoms with Crippen LogP contribution in [0.5, 0.6) is 0 Å². The van der Waals surface area contributed by atoms with E-state index in [1.807, 2.05) is 41.5 Å². The van der Waals surface area contributed by atoms with Gasteiger partial charge in [-0.05, 0) is 0 Å². The predicted octanol–water partition coefficient (Wildman–Crippen LogP) is 3.31. The minimum atomic E-state index is 0. The summed E-state index contributed by atoms with van der Waals surface area (Å²) >= 11 is 26.4. The summed E-state index contributed by atoms with van der Waals surface area (Å²) < 4.78 is 0. The molecule has 20 heavy (non-hydrogen) atoms. The number of rotatable bonds is 0. The van der Waals surface area contributed by atoms with E-state index in [0.717, 1.165) is 34.5 Å². The second kappa shape index (κ2) is 118. The van der Waals surface area contributed by atoms with Crippen LogP contribution in [-0.2, 0) is 110 Å². The van der Waals surface area contributed by atoms with Crippen LogP contribution in [-0.4, -0.2) is 34.5 Å². The van der Waals surface area contributed by atoms with Gasteiger partial charge in [0.15, 0.2) is 0 Å². The first-order valence-corrected chi connectivity index (χ1v) is 9.44. The molecular formula is C12H30Fe2S6-6. The third-order valence-corrected chi connectivity index (χ3v) is 0. The molecule has 0 unspecified atom stereocenters. The molecule has 0 fully saturated rings. The molecule has 0 aromatic carbocycles. The van der Waals surface area contributed by atoms with E-state index in [2.05, 4.69) is 75.8 Å². The molecule has 0 saturated heterocycles. The van der Waals surface area contributed by atoms with Gasteiger partial charge in [-0.3, -0.25) is 0 Å². The Hall–Kier alpha value is 3.14. The van der Waals surface area contributed by atoms with Gasteiger partial charge >= 0.3 is 0 Å². The summed E-state index contributed by atoms with van der Waals surface area (Å²) in [7, 11) is 0. The summed E-state index contributed by atoms with van der Waals surface area (Å²) in [4.78, 5) is 0. The molecule has 0 amide bonds. The van der Waals surface area contributed by atoms with E-state index in [9.17, 15) is 0 Å². The van der Waals surface area contributed by atoms with Crippen LogP contribution in [0.4, 0.5) is 0 Å². The maximum Gasteiger partial charge on any atom is 0 e. The van der Waals surface area contributed by atoms with Crippen LogP contribution >= 0.6 is 0 Å². The molecule has 0 saturated carbocycles. The molecule has 0 radical (unpaired) electrons. The largest absolute Gasteiger partial charge is 0.793 e. The van der Waals surface area contributed by atoms with E-state index in [1.165, 1.54) is 0 Å². The van der Waals surface area contributed by atoms with Crippen molar-refractivity contribution in [2.45, 2.75) is 41.5 Å². The molecule has 0 atom stereocenters. The standard InChI is InChI=1S/6C2H6S.2Fe/c6*1-2-3;;/h6*3H,2H2,1H3;;/p-6. The summed E-state index contributed by atoms with van der Waals surface area (Å²) in [5.41, 5.74) is 0. The molecule has 0 aromatic heterocycles. The van der Waals surface area contributed by atoms with E-state index in [4.69, 9.17) is 0 Å². The summed E-state index contributed by atoms with van der Waals surface area (Å²) in [6.45, 7) is 11.6. The fourth-order valence-corrected chi connectivity index (χ4v) is 0. The van der Waals surface area contributed by atoms with E-state index < -0.39 is 0 Å². The Kier molecular flexibility index (Phi) is 293. The molecule has 0 nitrogen and oxygen atoms in total. The fraction of sp³-hybridized carbons (Fsp3) is 1.00. The van der Waals surface area contributed by atoms with Crippen molar-refractivity contribution in [3.05, 3.63) is 0 Å². The molecule has 0 rings (SSSR count). The van der Waals surface area contributed by atoms with Crippen molar-refractivity contribution in [3.63, 3.8) is 0 Å². The van der Waals surface area contributed by atoms with Gasteiger partial charge in [-0.2, -0.15) is 34.5 Å². The molecule has 8 heteroatoms. The molecule has 0 N–H and O–H groups in total. The fourth-order valence-electron chi connectivity index (χ4n) is 0. The predicted molar refractivity (Wildman–Crippen MR) is 107 cm³/mol. The molecule has 0 heterocycles. The van der Waals surface area contributed by atoms with Crippen molar-refractivity contribution in [2.75, 3.05) is 34.5 Å². The smallest absolute Gasteiger partial charge is 0 e. The van der Waals surface area contributed by atoms with Gasteiger partial charge in [0, 0.05) is 34.1 Å². The van der Waals surface area contributed by atoms with Crippen LogP contribution in [0.3, 0.4) is 0 Å². The third kappa shape index (κ3) is 870. The second-order valence-corrected chi connectivity index (χ2v) is 5.20. The summed E-state index contributed by atoms with van der Waals surface area (Å²) in [6, 6.07) is 0. The molecule has 0 aliphatic rings. The minimum absolute atomic E-state index is 0. The van der Waals surface area contributed by atoms with Gasteiger partial charge in [0.1, 0.15) is 0 Å². The Morgan fingerprint density at radius 1 is 0.350 bits per heavy atom. The molecular weight excluding hydrogens is 448 g/mol. The molecule has 0 aliphatic carbocycles. The van der Waals surface area contributed by atoms with Gasteiger partial charge in [-0.25, -0.2) is 0 Å². The zero-order chi connectivity index (χ0) is 16.2.